The molecule has 8 nitrogen and oxygen atoms in total. The Morgan fingerprint density at radius 3 is 2.29 bits per heavy atom. The van der Waals surface area contributed by atoms with Crippen LogP contribution in [-0.4, -0.2) is 28.0 Å². The Balaban J connectivity index is 1.40. The van der Waals surface area contributed by atoms with Crippen LogP contribution in [0.4, 0.5) is 11.4 Å². The zero-order valence-electron chi connectivity index (χ0n) is 17.6. The predicted octanol–water partition coefficient (Wildman–Crippen LogP) is 6.25. The Labute approximate surface area is 194 Å². The Hall–Kier alpha value is -4.34. The SMILES string of the molecule is O=S(=O)(O)c1cc(N=Nc2ccc(/C=C\c3nc4ccccc4[nH]3)cc2)c(O)c2ccccc12. The normalized spacial score (nSPS) is 12.4. The van der Waals surface area contributed by atoms with Gasteiger partial charge in [0.05, 0.1) is 16.7 Å². The molecule has 0 bridgehead atoms. The number of phenolic OH excluding ortho intramolecular Hbond substituents is 1. The third-order valence-electron chi connectivity index (χ3n) is 5.24. The number of rotatable bonds is 5. The second-order valence-corrected chi connectivity index (χ2v) is 8.92. The lowest BCUT2D eigenvalue weighted by molar-refractivity contribution is 0.480. The van der Waals surface area contributed by atoms with E-state index in [4.69, 9.17) is 0 Å². The van der Waals surface area contributed by atoms with Crippen molar-refractivity contribution in [1.29, 1.82) is 0 Å². The average Bonchev–Trinajstić information content (AvgIpc) is 3.25. The smallest absolute Gasteiger partial charge is 0.295 e. The number of aromatic amines is 1. The molecule has 0 fully saturated rings. The number of imidazole rings is 1. The van der Waals surface area contributed by atoms with E-state index in [1.54, 1.807) is 30.3 Å². The highest BCUT2D eigenvalue weighted by molar-refractivity contribution is 7.86. The first kappa shape index (κ1) is 21.5. The van der Waals surface area contributed by atoms with Crippen LogP contribution in [0.5, 0.6) is 5.75 Å². The molecule has 168 valence electrons. The number of hydrogen-bond donors (Lipinski definition) is 3. The molecule has 0 saturated carbocycles. The van der Waals surface area contributed by atoms with Crippen molar-refractivity contribution in [2.24, 2.45) is 10.2 Å². The van der Waals surface area contributed by atoms with Gasteiger partial charge in [-0.05, 0) is 42.0 Å². The lowest BCUT2D eigenvalue weighted by atomic mass is 10.1. The maximum absolute atomic E-state index is 11.8. The Bertz CT molecular complexity index is 1660. The number of hydrogen-bond acceptors (Lipinski definition) is 6. The highest BCUT2D eigenvalue weighted by Gasteiger charge is 2.19. The number of fused-ring (bicyclic) bond motifs is 2. The van der Waals surface area contributed by atoms with Crippen LogP contribution in [0.15, 0.2) is 94.0 Å². The lowest BCUT2D eigenvalue weighted by Crippen LogP contribution is -1.99. The summed E-state index contributed by atoms with van der Waals surface area (Å²) in [7, 11) is -4.52. The van der Waals surface area contributed by atoms with Crippen molar-refractivity contribution in [2.45, 2.75) is 4.90 Å². The minimum absolute atomic E-state index is 0.0693. The Kier molecular flexibility index (Phi) is 5.40. The predicted molar refractivity (Wildman–Crippen MR) is 131 cm³/mol. The average molecular weight is 471 g/mol. The molecule has 0 aliphatic rings. The quantitative estimate of drug-likeness (QED) is 0.206. The zero-order chi connectivity index (χ0) is 23.7. The maximum Gasteiger partial charge on any atom is 0.295 e. The summed E-state index contributed by atoms with van der Waals surface area (Å²) in [6, 6.07) is 22.4. The van der Waals surface area contributed by atoms with Gasteiger partial charge in [-0.15, -0.1) is 5.11 Å². The first-order chi connectivity index (χ1) is 16.4. The van der Waals surface area contributed by atoms with Gasteiger partial charge in [0.2, 0.25) is 0 Å². The summed E-state index contributed by atoms with van der Waals surface area (Å²) in [5, 5.41) is 19.1. The molecule has 0 aliphatic heterocycles. The van der Waals surface area contributed by atoms with E-state index >= 15 is 0 Å². The van der Waals surface area contributed by atoms with Crippen molar-refractivity contribution >= 4 is 55.5 Å². The van der Waals surface area contributed by atoms with Crippen LogP contribution in [0, 0.1) is 0 Å². The van der Waals surface area contributed by atoms with Gasteiger partial charge in [-0.25, -0.2) is 4.98 Å². The first-order valence-electron chi connectivity index (χ1n) is 10.3. The van der Waals surface area contributed by atoms with E-state index in [9.17, 15) is 18.1 Å². The van der Waals surface area contributed by atoms with Crippen LogP contribution in [-0.2, 0) is 10.1 Å². The van der Waals surface area contributed by atoms with Crippen molar-refractivity contribution in [3.63, 3.8) is 0 Å². The highest BCUT2D eigenvalue weighted by Crippen LogP contribution is 2.39. The lowest BCUT2D eigenvalue weighted by Gasteiger charge is -2.08. The van der Waals surface area contributed by atoms with Crippen molar-refractivity contribution in [3.05, 3.63) is 90.3 Å². The number of benzene rings is 4. The molecule has 1 heterocycles. The molecule has 0 spiro atoms. The van der Waals surface area contributed by atoms with E-state index in [0.717, 1.165) is 28.5 Å². The highest BCUT2D eigenvalue weighted by atomic mass is 32.2. The number of para-hydroxylation sites is 2. The van der Waals surface area contributed by atoms with Gasteiger partial charge in [0.15, 0.2) is 5.75 Å². The van der Waals surface area contributed by atoms with E-state index in [2.05, 4.69) is 20.2 Å². The van der Waals surface area contributed by atoms with Gasteiger partial charge in [-0.3, -0.25) is 4.55 Å². The van der Waals surface area contributed by atoms with Crippen LogP contribution < -0.4 is 0 Å². The molecule has 5 aromatic rings. The Morgan fingerprint density at radius 2 is 1.56 bits per heavy atom. The fourth-order valence-electron chi connectivity index (χ4n) is 3.59. The Morgan fingerprint density at radius 1 is 0.853 bits per heavy atom. The van der Waals surface area contributed by atoms with Crippen LogP contribution in [0.3, 0.4) is 0 Å². The fraction of sp³-hybridized carbons (Fsp3) is 0. The molecule has 34 heavy (non-hydrogen) atoms. The van der Waals surface area contributed by atoms with E-state index in [0.29, 0.717) is 5.69 Å². The van der Waals surface area contributed by atoms with Crippen molar-refractivity contribution in [2.75, 3.05) is 0 Å². The molecular formula is C25H18N4O4S. The summed E-state index contributed by atoms with van der Waals surface area (Å²) < 4.78 is 33.2. The fourth-order valence-corrected chi connectivity index (χ4v) is 4.31. The van der Waals surface area contributed by atoms with Crippen molar-refractivity contribution in [3.8, 4) is 5.75 Å². The molecular weight excluding hydrogens is 452 g/mol. The third-order valence-corrected chi connectivity index (χ3v) is 6.14. The topological polar surface area (TPSA) is 128 Å². The molecule has 0 aliphatic carbocycles. The molecule has 1 aromatic heterocycles. The molecule has 0 atom stereocenters. The van der Waals surface area contributed by atoms with E-state index in [-0.39, 0.29) is 27.1 Å². The van der Waals surface area contributed by atoms with Crippen LogP contribution in [0.2, 0.25) is 0 Å². The molecule has 0 amide bonds. The van der Waals surface area contributed by atoms with Crippen LogP contribution >= 0.6 is 0 Å². The number of aromatic nitrogens is 2. The standard InChI is InChI=1S/C25H18N4O4S/c30-25-19-6-2-1-5-18(19)23(34(31,32)33)15-22(25)29-28-17-12-9-16(10-13-17)11-14-24-26-20-7-3-4-8-21(20)27-24/h1-15,30H,(H,26,27)(H,31,32,33)/b14-11-,29-28?. The molecule has 3 N–H and O–H groups in total. The summed E-state index contributed by atoms with van der Waals surface area (Å²) in [6.45, 7) is 0. The zero-order valence-corrected chi connectivity index (χ0v) is 18.4. The van der Waals surface area contributed by atoms with E-state index in [1.807, 2.05) is 48.6 Å². The number of azo groups is 1. The summed E-state index contributed by atoms with van der Waals surface area (Å²) in [5.74, 6) is 0.517. The van der Waals surface area contributed by atoms with Crippen LogP contribution in [0.1, 0.15) is 11.4 Å². The molecule has 0 unspecified atom stereocenters. The van der Waals surface area contributed by atoms with Gasteiger partial charge in [0, 0.05) is 10.8 Å². The summed E-state index contributed by atoms with van der Waals surface area (Å²) >= 11 is 0. The number of H-pyrrole nitrogens is 1. The van der Waals surface area contributed by atoms with Gasteiger partial charge in [0.1, 0.15) is 16.4 Å². The van der Waals surface area contributed by atoms with Crippen molar-refractivity contribution < 1.29 is 18.1 Å². The van der Waals surface area contributed by atoms with E-state index < -0.39 is 10.1 Å². The molecule has 5 rings (SSSR count). The minimum atomic E-state index is -4.52. The van der Waals surface area contributed by atoms with Gasteiger partial charge >= 0.3 is 0 Å². The van der Waals surface area contributed by atoms with Crippen LogP contribution in [0.25, 0.3) is 34.0 Å². The van der Waals surface area contributed by atoms with Gasteiger partial charge < -0.3 is 10.1 Å². The third kappa shape index (κ3) is 4.29. The summed E-state index contributed by atoms with van der Waals surface area (Å²) in [5.41, 5.74) is 3.21. The summed E-state index contributed by atoms with van der Waals surface area (Å²) in [4.78, 5) is 7.39. The monoisotopic (exact) mass is 470 g/mol. The second-order valence-electron chi connectivity index (χ2n) is 7.53. The van der Waals surface area contributed by atoms with Crippen molar-refractivity contribution in [1.82, 2.24) is 9.97 Å². The van der Waals surface area contributed by atoms with E-state index in [1.165, 1.54) is 6.07 Å². The number of aromatic hydroxyl groups is 1. The molecule has 4 aromatic carbocycles. The minimum Gasteiger partial charge on any atom is -0.505 e. The second kappa shape index (κ2) is 8.54. The van der Waals surface area contributed by atoms with Gasteiger partial charge in [-0.2, -0.15) is 13.5 Å². The molecule has 0 radical (unpaired) electrons. The maximum atomic E-state index is 11.8. The molecule has 0 saturated heterocycles. The molecule has 9 heteroatoms. The number of nitrogens with zero attached hydrogens (tertiary/aromatic N) is 3. The summed E-state index contributed by atoms with van der Waals surface area (Å²) in [6.07, 6.45) is 3.78. The number of phenols is 1. The van der Waals surface area contributed by atoms with Gasteiger partial charge in [-0.1, -0.05) is 54.6 Å². The van der Waals surface area contributed by atoms with Gasteiger partial charge in [0.25, 0.3) is 10.1 Å². The largest absolute Gasteiger partial charge is 0.505 e. The first-order valence-corrected chi connectivity index (χ1v) is 11.7. The number of nitrogens with one attached hydrogen (secondary N) is 1.